The van der Waals surface area contributed by atoms with Crippen molar-refractivity contribution in [3.8, 4) is 0 Å². The topological polar surface area (TPSA) is 86.8 Å². The maximum atomic E-state index is 12.2. The molecule has 5 nitrogen and oxygen atoms in total. The van der Waals surface area contributed by atoms with Crippen LogP contribution < -0.4 is 5.73 Å². The van der Waals surface area contributed by atoms with Crippen LogP contribution in [0.3, 0.4) is 0 Å². The molecule has 0 bridgehead atoms. The molecule has 1 saturated heterocycles. The fraction of sp³-hybridized carbons (Fsp3) is 0.900. The first kappa shape index (κ1) is 11.9. The Balaban J connectivity index is 2.03. The third-order valence-corrected chi connectivity index (χ3v) is 3.81. The Morgan fingerprint density at radius 1 is 1.25 bits per heavy atom. The van der Waals surface area contributed by atoms with Crippen LogP contribution in [0.5, 0.6) is 0 Å². The molecule has 0 spiro atoms. The van der Waals surface area contributed by atoms with Gasteiger partial charge in [-0.05, 0) is 25.7 Å². The molecule has 1 aliphatic heterocycles. The molecular weight excluding hydrogens is 207 g/mol. The predicted octanol–water partition coefficient (Wildman–Crippen LogP) is -0.883. The van der Waals surface area contributed by atoms with E-state index in [1.165, 1.54) is 0 Å². The van der Waals surface area contributed by atoms with Crippen LogP contribution in [0.15, 0.2) is 0 Å². The highest BCUT2D eigenvalue weighted by Crippen LogP contribution is 2.29. The minimum absolute atomic E-state index is 0.0144. The fourth-order valence-corrected chi connectivity index (χ4v) is 2.88. The summed E-state index contributed by atoms with van der Waals surface area (Å²) in [6.07, 6.45) is 4.25. The molecule has 2 rings (SSSR count). The van der Waals surface area contributed by atoms with E-state index in [1.807, 2.05) is 0 Å². The number of likely N-dealkylation sites (tertiary alicyclic amines) is 1. The fourth-order valence-electron chi connectivity index (χ4n) is 2.88. The molecular formula is C10H19BN2O3. The van der Waals surface area contributed by atoms with E-state index in [-0.39, 0.29) is 17.9 Å². The van der Waals surface area contributed by atoms with Crippen LogP contribution in [-0.2, 0) is 4.79 Å². The smallest absolute Gasteiger partial charge is 0.426 e. The number of nitrogens with zero attached hydrogens (tertiary/aromatic N) is 1. The molecule has 90 valence electrons. The van der Waals surface area contributed by atoms with Crippen molar-refractivity contribution in [2.24, 2.45) is 11.7 Å². The molecule has 16 heavy (non-hydrogen) atoms. The van der Waals surface area contributed by atoms with Crippen LogP contribution in [0.2, 0.25) is 0 Å². The summed E-state index contributed by atoms with van der Waals surface area (Å²) >= 11 is 0. The van der Waals surface area contributed by atoms with E-state index in [0.717, 1.165) is 25.7 Å². The van der Waals surface area contributed by atoms with Gasteiger partial charge in [0.15, 0.2) is 0 Å². The number of hydrogen-bond acceptors (Lipinski definition) is 4. The van der Waals surface area contributed by atoms with Crippen molar-refractivity contribution in [1.82, 2.24) is 4.90 Å². The molecule has 1 heterocycles. The maximum absolute atomic E-state index is 12.2. The molecule has 0 radical (unpaired) electrons. The molecule has 0 aromatic carbocycles. The summed E-state index contributed by atoms with van der Waals surface area (Å²) in [7, 11) is -1.43. The molecule has 1 aliphatic carbocycles. The van der Waals surface area contributed by atoms with E-state index in [1.54, 1.807) is 4.90 Å². The van der Waals surface area contributed by atoms with Gasteiger partial charge in [-0.2, -0.15) is 0 Å². The Kier molecular flexibility index (Phi) is 3.52. The lowest BCUT2D eigenvalue weighted by atomic mass is 9.77. The van der Waals surface area contributed by atoms with E-state index in [2.05, 4.69) is 0 Å². The lowest BCUT2D eigenvalue weighted by Gasteiger charge is -2.28. The number of hydrogen-bond donors (Lipinski definition) is 3. The van der Waals surface area contributed by atoms with Gasteiger partial charge in [0.1, 0.15) is 0 Å². The van der Waals surface area contributed by atoms with Crippen LogP contribution in [0.4, 0.5) is 0 Å². The van der Waals surface area contributed by atoms with Crippen LogP contribution >= 0.6 is 0 Å². The molecule has 6 heteroatoms. The number of carbonyl (C=O) groups is 1. The second-order valence-electron chi connectivity index (χ2n) is 4.86. The molecule has 1 unspecified atom stereocenters. The van der Waals surface area contributed by atoms with Gasteiger partial charge < -0.3 is 20.7 Å². The van der Waals surface area contributed by atoms with Crippen molar-refractivity contribution in [3.05, 3.63) is 0 Å². The highest BCUT2D eigenvalue weighted by Gasteiger charge is 2.41. The molecule has 0 aromatic rings. The Morgan fingerprint density at radius 2 is 2.00 bits per heavy atom. The van der Waals surface area contributed by atoms with Gasteiger partial charge in [-0.3, -0.25) is 4.79 Å². The lowest BCUT2D eigenvalue weighted by Crippen LogP contribution is -2.49. The summed E-state index contributed by atoms with van der Waals surface area (Å²) in [6.45, 7) is 0.629. The van der Waals surface area contributed by atoms with E-state index in [0.29, 0.717) is 13.0 Å². The summed E-state index contributed by atoms with van der Waals surface area (Å²) < 4.78 is 0. The van der Waals surface area contributed by atoms with Crippen LogP contribution in [0.25, 0.3) is 0 Å². The minimum Gasteiger partial charge on any atom is -0.426 e. The van der Waals surface area contributed by atoms with E-state index < -0.39 is 13.1 Å². The Morgan fingerprint density at radius 3 is 2.56 bits per heavy atom. The van der Waals surface area contributed by atoms with E-state index in [9.17, 15) is 14.8 Å². The third kappa shape index (κ3) is 2.10. The molecule has 1 amide bonds. The first-order valence-corrected chi connectivity index (χ1v) is 6.03. The second-order valence-corrected chi connectivity index (χ2v) is 4.86. The molecule has 2 fully saturated rings. The van der Waals surface area contributed by atoms with Gasteiger partial charge in [-0.15, -0.1) is 0 Å². The van der Waals surface area contributed by atoms with Gasteiger partial charge in [0.05, 0.1) is 11.9 Å². The number of rotatable bonds is 2. The first-order valence-electron chi connectivity index (χ1n) is 6.03. The number of nitrogens with two attached hydrogens (primary N) is 1. The summed E-state index contributed by atoms with van der Waals surface area (Å²) in [4.78, 5) is 13.8. The van der Waals surface area contributed by atoms with Crippen LogP contribution in [0.1, 0.15) is 32.1 Å². The van der Waals surface area contributed by atoms with Crippen LogP contribution in [-0.4, -0.2) is 46.5 Å². The highest BCUT2D eigenvalue weighted by atomic mass is 16.4. The van der Waals surface area contributed by atoms with Crippen molar-refractivity contribution in [2.75, 3.05) is 6.54 Å². The maximum Gasteiger partial charge on any atom is 0.475 e. The van der Waals surface area contributed by atoms with Crippen molar-refractivity contribution < 1.29 is 14.8 Å². The summed E-state index contributed by atoms with van der Waals surface area (Å²) in [5.74, 6) is -0.528. The zero-order valence-corrected chi connectivity index (χ0v) is 9.38. The summed E-state index contributed by atoms with van der Waals surface area (Å²) in [5.41, 5.74) is 5.90. The zero-order valence-electron chi connectivity index (χ0n) is 9.38. The monoisotopic (exact) mass is 226 g/mol. The summed E-state index contributed by atoms with van der Waals surface area (Å²) in [6, 6.07) is -0.0513. The molecule has 3 atom stereocenters. The van der Waals surface area contributed by atoms with E-state index >= 15 is 0 Å². The standard InChI is InChI=1S/C10H19BN2O3/c12-8-4-1-3-7(8)10(14)13-6-2-5-9(13)11(15)16/h7-9,15-16H,1-6,12H2/t7-,8?,9+/m1/s1. The molecule has 2 aliphatic rings. The van der Waals surface area contributed by atoms with Gasteiger partial charge in [0, 0.05) is 12.6 Å². The first-order chi connectivity index (χ1) is 7.61. The van der Waals surface area contributed by atoms with Gasteiger partial charge in [-0.25, -0.2) is 0 Å². The Bertz CT molecular complexity index is 275. The third-order valence-electron chi connectivity index (χ3n) is 3.81. The summed E-state index contributed by atoms with van der Waals surface area (Å²) in [5, 5.41) is 18.4. The SMILES string of the molecule is NC1CCC[C@H]1C(=O)N1CCC[C@H]1B(O)O. The van der Waals surface area contributed by atoms with Crippen molar-refractivity contribution >= 4 is 13.0 Å². The zero-order chi connectivity index (χ0) is 11.7. The van der Waals surface area contributed by atoms with Gasteiger partial charge >= 0.3 is 7.12 Å². The number of carbonyl (C=O) groups excluding carboxylic acids is 1. The molecule has 0 aromatic heterocycles. The molecule has 4 N–H and O–H groups in total. The van der Waals surface area contributed by atoms with Crippen molar-refractivity contribution in [3.63, 3.8) is 0 Å². The average molecular weight is 226 g/mol. The number of amides is 1. The van der Waals surface area contributed by atoms with Crippen molar-refractivity contribution in [2.45, 2.75) is 44.1 Å². The second kappa shape index (κ2) is 4.73. The highest BCUT2D eigenvalue weighted by molar-refractivity contribution is 6.43. The predicted molar refractivity (Wildman–Crippen MR) is 60.2 cm³/mol. The normalized spacial score (nSPS) is 34.4. The lowest BCUT2D eigenvalue weighted by molar-refractivity contribution is -0.135. The average Bonchev–Trinajstić information content (AvgIpc) is 2.84. The molecule has 1 saturated carbocycles. The van der Waals surface area contributed by atoms with Crippen LogP contribution in [0, 0.1) is 5.92 Å². The van der Waals surface area contributed by atoms with Gasteiger partial charge in [-0.1, -0.05) is 6.42 Å². The Hall–Kier alpha value is -0.585. The minimum atomic E-state index is -1.43. The Labute approximate surface area is 95.8 Å². The largest absolute Gasteiger partial charge is 0.475 e. The van der Waals surface area contributed by atoms with Gasteiger partial charge in [0.2, 0.25) is 5.91 Å². The quantitative estimate of drug-likeness (QED) is 0.533. The van der Waals surface area contributed by atoms with E-state index in [4.69, 9.17) is 5.73 Å². The van der Waals surface area contributed by atoms with Crippen molar-refractivity contribution in [1.29, 1.82) is 0 Å². The van der Waals surface area contributed by atoms with Gasteiger partial charge in [0.25, 0.3) is 0 Å².